The van der Waals surface area contributed by atoms with Crippen LogP contribution in [0.1, 0.15) is 6.42 Å². The Morgan fingerprint density at radius 1 is 1.07 bits per heavy atom. The van der Waals surface area contributed by atoms with Gasteiger partial charge in [0.1, 0.15) is 6.10 Å². The molecule has 14 heavy (non-hydrogen) atoms. The molecule has 1 fully saturated rings. The van der Waals surface area contributed by atoms with E-state index in [1.165, 1.54) is 7.11 Å². The molecule has 0 amide bonds. The van der Waals surface area contributed by atoms with Gasteiger partial charge in [-0.2, -0.15) is 0 Å². The Morgan fingerprint density at radius 2 is 1.50 bits per heavy atom. The quantitative estimate of drug-likeness (QED) is 0.441. The van der Waals surface area contributed by atoms with E-state index in [9.17, 15) is 10.2 Å². The zero-order chi connectivity index (χ0) is 10.7. The van der Waals surface area contributed by atoms with Crippen molar-refractivity contribution in [2.45, 2.75) is 36.8 Å². The maximum absolute atomic E-state index is 9.84. The fraction of sp³-hybridized carbons (Fsp3) is 1.00. The summed E-state index contributed by atoms with van der Waals surface area (Å²) in [5, 5.41) is 25.7. The first-order valence-corrected chi connectivity index (χ1v) is 4.89. The number of likely N-dealkylation sites (N-methyl/N-ethyl adjacent to an activating group) is 2. The summed E-state index contributed by atoms with van der Waals surface area (Å²) < 4.78 is 5.10. The van der Waals surface area contributed by atoms with Crippen LogP contribution in [0.15, 0.2) is 0 Å². The molecular formula is C9H20N2O3. The molecule has 1 saturated carbocycles. The zero-order valence-corrected chi connectivity index (χ0v) is 8.90. The normalized spacial score (nSPS) is 43.9. The van der Waals surface area contributed by atoms with Crippen molar-refractivity contribution in [3.63, 3.8) is 0 Å². The van der Waals surface area contributed by atoms with E-state index in [0.29, 0.717) is 6.42 Å². The molecule has 4 atom stereocenters. The summed E-state index contributed by atoms with van der Waals surface area (Å²) in [6.45, 7) is 0. The molecule has 1 aliphatic rings. The van der Waals surface area contributed by atoms with Crippen molar-refractivity contribution in [3.05, 3.63) is 0 Å². The highest BCUT2D eigenvalue weighted by molar-refractivity contribution is 4.99. The van der Waals surface area contributed by atoms with Crippen molar-refractivity contribution in [2.75, 3.05) is 21.2 Å². The molecule has 0 saturated heterocycles. The molecule has 0 spiro atoms. The van der Waals surface area contributed by atoms with Gasteiger partial charge < -0.3 is 25.6 Å². The predicted octanol–water partition coefficient (Wildman–Crippen LogP) is -1.70. The average molecular weight is 204 g/mol. The summed E-state index contributed by atoms with van der Waals surface area (Å²) in [6, 6.07) is -0.0819. The Labute approximate surface area is 84.5 Å². The monoisotopic (exact) mass is 204 g/mol. The Hall–Kier alpha value is -0.200. The molecule has 0 heterocycles. The Kier molecular flexibility index (Phi) is 4.28. The van der Waals surface area contributed by atoms with Gasteiger partial charge in [-0.05, 0) is 20.5 Å². The lowest BCUT2D eigenvalue weighted by atomic mass is 9.84. The highest BCUT2D eigenvalue weighted by Gasteiger charge is 2.42. The lowest BCUT2D eigenvalue weighted by molar-refractivity contribution is -0.126. The van der Waals surface area contributed by atoms with E-state index >= 15 is 0 Å². The lowest BCUT2D eigenvalue weighted by Gasteiger charge is -2.41. The highest BCUT2D eigenvalue weighted by Crippen LogP contribution is 2.22. The van der Waals surface area contributed by atoms with E-state index in [1.54, 1.807) is 14.1 Å². The van der Waals surface area contributed by atoms with Gasteiger partial charge in [0.15, 0.2) is 0 Å². The standard InChI is InChI=1S/C9H20N2O3/c1-10-5-4-6(11-2)8(13)9(14-3)7(5)12/h5-13H,4H2,1-3H3. The van der Waals surface area contributed by atoms with Crippen LogP contribution in [0, 0.1) is 0 Å². The molecule has 1 rings (SSSR count). The average Bonchev–Trinajstić information content (AvgIpc) is 2.19. The van der Waals surface area contributed by atoms with Gasteiger partial charge in [0.05, 0.1) is 12.2 Å². The smallest absolute Gasteiger partial charge is 0.112 e. The van der Waals surface area contributed by atoms with Crippen LogP contribution in [0.25, 0.3) is 0 Å². The largest absolute Gasteiger partial charge is 0.389 e. The van der Waals surface area contributed by atoms with Gasteiger partial charge >= 0.3 is 0 Å². The molecule has 0 aromatic carbocycles. The van der Waals surface area contributed by atoms with Crippen LogP contribution in [-0.4, -0.2) is 61.8 Å². The number of methoxy groups -OCH3 is 1. The van der Waals surface area contributed by atoms with E-state index in [4.69, 9.17) is 4.74 Å². The van der Waals surface area contributed by atoms with Crippen LogP contribution in [0.4, 0.5) is 0 Å². The maximum Gasteiger partial charge on any atom is 0.112 e. The molecule has 0 aliphatic heterocycles. The van der Waals surface area contributed by atoms with E-state index in [2.05, 4.69) is 10.6 Å². The summed E-state index contributed by atoms with van der Waals surface area (Å²) >= 11 is 0. The lowest BCUT2D eigenvalue weighted by Crippen LogP contribution is -2.62. The number of rotatable bonds is 3. The second-order valence-electron chi connectivity index (χ2n) is 3.71. The second-order valence-corrected chi connectivity index (χ2v) is 3.71. The molecule has 0 aromatic rings. The molecule has 4 N–H and O–H groups in total. The summed E-state index contributed by atoms with van der Waals surface area (Å²) in [4.78, 5) is 0. The summed E-state index contributed by atoms with van der Waals surface area (Å²) in [5.41, 5.74) is 0. The molecule has 84 valence electrons. The zero-order valence-electron chi connectivity index (χ0n) is 8.90. The molecule has 0 aromatic heterocycles. The number of ether oxygens (including phenoxy) is 1. The number of aliphatic hydroxyl groups excluding tert-OH is 2. The van der Waals surface area contributed by atoms with Crippen molar-refractivity contribution in [1.82, 2.24) is 10.6 Å². The first-order valence-electron chi connectivity index (χ1n) is 4.89. The molecule has 0 radical (unpaired) electrons. The van der Waals surface area contributed by atoms with Crippen molar-refractivity contribution >= 4 is 0 Å². The SMILES string of the molecule is CNC1CC(NC)C(O)C(OC)C1O. The fourth-order valence-electron chi connectivity index (χ4n) is 2.07. The van der Waals surface area contributed by atoms with E-state index < -0.39 is 18.3 Å². The van der Waals surface area contributed by atoms with Crippen LogP contribution >= 0.6 is 0 Å². The van der Waals surface area contributed by atoms with Crippen LogP contribution in [-0.2, 0) is 4.74 Å². The topological polar surface area (TPSA) is 73.8 Å². The van der Waals surface area contributed by atoms with Crippen molar-refractivity contribution in [3.8, 4) is 0 Å². The third-order valence-corrected chi connectivity index (χ3v) is 3.02. The summed E-state index contributed by atoms with van der Waals surface area (Å²) in [5.74, 6) is 0. The molecule has 5 nitrogen and oxygen atoms in total. The van der Waals surface area contributed by atoms with E-state index in [0.717, 1.165) is 0 Å². The van der Waals surface area contributed by atoms with Crippen LogP contribution in [0.3, 0.4) is 0 Å². The van der Waals surface area contributed by atoms with Crippen molar-refractivity contribution < 1.29 is 14.9 Å². The Bertz CT molecular complexity index is 163. The minimum Gasteiger partial charge on any atom is -0.389 e. The van der Waals surface area contributed by atoms with Gasteiger partial charge in [-0.3, -0.25) is 0 Å². The highest BCUT2D eigenvalue weighted by atomic mass is 16.5. The Balaban J connectivity index is 2.72. The number of aliphatic hydroxyl groups is 2. The third kappa shape index (κ3) is 2.07. The van der Waals surface area contributed by atoms with Gasteiger partial charge in [0.2, 0.25) is 0 Å². The van der Waals surface area contributed by atoms with Gasteiger partial charge in [-0.15, -0.1) is 0 Å². The van der Waals surface area contributed by atoms with Gasteiger partial charge in [0, 0.05) is 19.2 Å². The minimum atomic E-state index is -0.662. The first-order chi connectivity index (χ1) is 6.65. The fourth-order valence-corrected chi connectivity index (χ4v) is 2.07. The van der Waals surface area contributed by atoms with Gasteiger partial charge in [0.25, 0.3) is 0 Å². The van der Waals surface area contributed by atoms with E-state index in [1.807, 2.05) is 0 Å². The van der Waals surface area contributed by atoms with Crippen LogP contribution in [0.2, 0.25) is 0 Å². The molecule has 5 heteroatoms. The minimum absolute atomic E-state index is 0.0409. The summed E-state index contributed by atoms with van der Waals surface area (Å²) in [7, 11) is 5.10. The molecular weight excluding hydrogens is 184 g/mol. The molecule has 4 unspecified atom stereocenters. The van der Waals surface area contributed by atoms with Crippen molar-refractivity contribution in [1.29, 1.82) is 0 Å². The number of hydrogen-bond acceptors (Lipinski definition) is 5. The summed E-state index contributed by atoms with van der Waals surface area (Å²) in [6.07, 6.45) is -1.16. The first kappa shape index (κ1) is 11.9. The van der Waals surface area contributed by atoms with Gasteiger partial charge in [-0.1, -0.05) is 0 Å². The predicted molar refractivity (Wildman–Crippen MR) is 53.1 cm³/mol. The van der Waals surface area contributed by atoms with Crippen molar-refractivity contribution in [2.24, 2.45) is 0 Å². The Morgan fingerprint density at radius 3 is 1.79 bits per heavy atom. The van der Waals surface area contributed by atoms with Gasteiger partial charge in [-0.25, -0.2) is 0 Å². The maximum atomic E-state index is 9.84. The molecule has 1 aliphatic carbocycles. The molecule has 0 bridgehead atoms. The van der Waals surface area contributed by atoms with E-state index in [-0.39, 0.29) is 12.1 Å². The third-order valence-electron chi connectivity index (χ3n) is 3.02. The van der Waals surface area contributed by atoms with Crippen LogP contribution in [0.5, 0.6) is 0 Å². The second kappa shape index (κ2) is 5.04. The number of hydrogen-bond donors (Lipinski definition) is 4. The van der Waals surface area contributed by atoms with Crippen LogP contribution < -0.4 is 10.6 Å². The number of nitrogens with one attached hydrogen (secondary N) is 2.